The predicted octanol–water partition coefficient (Wildman–Crippen LogP) is 1.25. The largest absolute Gasteiger partial charge is 0.361 e. The third kappa shape index (κ3) is 4.97. The van der Waals surface area contributed by atoms with Gasteiger partial charge in [-0.15, -0.1) is 0 Å². The molecule has 0 saturated carbocycles. The lowest BCUT2D eigenvalue weighted by molar-refractivity contribution is 0.117. The van der Waals surface area contributed by atoms with Gasteiger partial charge in [-0.3, -0.25) is 5.43 Å². The van der Waals surface area contributed by atoms with E-state index in [1.807, 2.05) is 0 Å². The van der Waals surface area contributed by atoms with Crippen molar-refractivity contribution in [1.82, 2.24) is 25.4 Å². The normalized spacial score (nSPS) is 31.8. The maximum absolute atomic E-state index is 5.49. The highest BCUT2D eigenvalue weighted by molar-refractivity contribution is 7.80. The standard InChI is InChI=1S/C22H34N6S/c1-26(2)10-6-9-23-21(29)25-24-20-19-14-27-11-12-28(15-19)17-22(20,16-27)13-18-7-4-3-5-8-18/h3-5,7-8,19H,6,9-17H2,1-2H3,(H2,23,25,29)/b24-20-. The lowest BCUT2D eigenvalue weighted by Gasteiger charge is -2.50. The minimum absolute atomic E-state index is 0.0759. The van der Waals surface area contributed by atoms with Crippen molar-refractivity contribution in [3.63, 3.8) is 0 Å². The molecule has 1 aromatic carbocycles. The molecule has 2 atom stereocenters. The molecule has 158 valence electrons. The number of fused-ring (bicyclic) bond motifs is 1. The minimum Gasteiger partial charge on any atom is -0.361 e. The lowest BCUT2D eigenvalue weighted by atomic mass is 9.67. The zero-order valence-corrected chi connectivity index (χ0v) is 18.5. The van der Waals surface area contributed by atoms with Gasteiger partial charge in [0.05, 0.1) is 5.71 Å². The van der Waals surface area contributed by atoms with Gasteiger partial charge in [-0.2, -0.15) is 5.10 Å². The number of hydrazone groups is 1. The molecule has 5 rings (SSSR count). The van der Waals surface area contributed by atoms with Crippen LogP contribution in [0.1, 0.15) is 12.0 Å². The fraction of sp³-hybridized carbons (Fsp3) is 0.636. The molecule has 2 unspecified atom stereocenters. The van der Waals surface area contributed by atoms with E-state index in [1.165, 1.54) is 24.4 Å². The highest BCUT2D eigenvalue weighted by atomic mass is 32.1. The van der Waals surface area contributed by atoms with E-state index < -0.39 is 0 Å². The number of hydrogen-bond acceptors (Lipinski definition) is 5. The second-order valence-corrected chi connectivity index (χ2v) is 9.54. The van der Waals surface area contributed by atoms with Crippen molar-refractivity contribution in [1.29, 1.82) is 0 Å². The van der Waals surface area contributed by atoms with Crippen LogP contribution in [0.25, 0.3) is 0 Å². The second kappa shape index (κ2) is 9.08. The Balaban J connectivity index is 1.48. The van der Waals surface area contributed by atoms with E-state index >= 15 is 0 Å². The third-order valence-electron chi connectivity index (χ3n) is 6.40. The van der Waals surface area contributed by atoms with Gasteiger partial charge in [-0.1, -0.05) is 30.3 Å². The Morgan fingerprint density at radius 2 is 1.86 bits per heavy atom. The van der Waals surface area contributed by atoms with E-state index in [2.05, 4.69) is 69.9 Å². The monoisotopic (exact) mass is 414 g/mol. The summed E-state index contributed by atoms with van der Waals surface area (Å²) in [5.74, 6) is 0.493. The van der Waals surface area contributed by atoms with Crippen LogP contribution in [0.5, 0.6) is 0 Å². The predicted molar refractivity (Wildman–Crippen MR) is 123 cm³/mol. The highest BCUT2D eigenvalue weighted by Crippen LogP contribution is 2.40. The summed E-state index contributed by atoms with van der Waals surface area (Å²) in [6.45, 7) is 8.72. The molecule has 0 radical (unpaired) electrons. The Morgan fingerprint density at radius 1 is 1.17 bits per heavy atom. The first-order chi connectivity index (χ1) is 14.0. The molecular weight excluding hydrogens is 380 g/mol. The Morgan fingerprint density at radius 3 is 2.52 bits per heavy atom. The van der Waals surface area contributed by atoms with Crippen LogP contribution in [-0.4, -0.2) is 92.0 Å². The average Bonchev–Trinajstić information content (AvgIpc) is 2.93. The second-order valence-electron chi connectivity index (χ2n) is 9.13. The third-order valence-corrected chi connectivity index (χ3v) is 6.64. The van der Waals surface area contributed by atoms with E-state index in [0.29, 0.717) is 11.0 Å². The van der Waals surface area contributed by atoms with Gasteiger partial charge in [-0.25, -0.2) is 0 Å². The van der Waals surface area contributed by atoms with Crippen molar-refractivity contribution in [2.24, 2.45) is 16.4 Å². The summed E-state index contributed by atoms with van der Waals surface area (Å²) < 4.78 is 0. The number of benzene rings is 1. The van der Waals surface area contributed by atoms with Crippen molar-refractivity contribution in [2.45, 2.75) is 12.8 Å². The molecule has 7 heteroatoms. The van der Waals surface area contributed by atoms with Crippen LogP contribution in [0.15, 0.2) is 35.4 Å². The maximum Gasteiger partial charge on any atom is 0.186 e. The van der Waals surface area contributed by atoms with E-state index in [9.17, 15) is 0 Å². The van der Waals surface area contributed by atoms with Crippen LogP contribution in [0.2, 0.25) is 0 Å². The first-order valence-electron chi connectivity index (χ1n) is 10.8. The topological polar surface area (TPSA) is 46.1 Å². The smallest absolute Gasteiger partial charge is 0.186 e. The number of thiocarbonyl (C=S) groups is 1. The van der Waals surface area contributed by atoms with Crippen molar-refractivity contribution in [2.75, 3.05) is 66.5 Å². The van der Waals surface area contributed by atoms with Gasteiger partial charge in [0.25, 0.3) is 0 Å². The Hall–Kier alpha value is -1.54. The zero-order valence-electron chi connectivity index (χ0n) is 17.7. The summed E-state index contributed by atoms with van der Waals surface area (Å²) >= 11 is 5.49. The van der Waals surface area contributed by atoms with E-state index in [-0.39, 0.29) is 5.41 Å². The molecule has 4 fully saturated rings. The molecule has 0 aromatic heterocycles. The SMILES string of the molecule is CN(C)CCCNC(=S)N/N=C1/C2CN3CCN(C2)CC1(Cc1ccccc1)C3. The van der Waals surface area contributed by atoms with Gasteiger partial charge in [0.15, 0.2) is 5.11 Å². The number of hydrogen-bond donors (Lipinski definition) is 2. The first kappa shape index (κ1) is 20.7. The highest BCUT2D eigenvalue weighted by Gasteiger charge is 2.52. The molecule has 4 saturated heterocycles. The first-order valence-corrected chi connectivity index (χ1v) is 11.2. The van der Waals surface area contributed by atoms with Gasteiger partial charge in [0.2, 0.25) is 0 Å². The number of nitrogens with zero attached hydrogens (tertiary/aromatic N) is 4. The Kier molecular flexibility index (Phi) is 6.49. The van der Waals surface area contributed by atoms with Crippen molar-refractivity contribution < 1.29 is 0 Å². The van der Waals surface area contributed by atoms with Crippen LogP contribution in [0, 0.1) is 11.3 Å². The van der Waals surface area contributed by atoms with Crippen molar-refractivity contribution in [3.05, 3.63) is 35.9 Å². The van der Waals surface area contributed by atoms with Crippen LogP contribution in [0.3, 0.4) is 0 Å². The van der Waals surface area contributed by atoms with Crippen LogP contribution >= 0.6 is 12.2 Å². The quantitative estimate of drug-likeness (QED) is 0.398. The molecule has 0 amide bonds. The van der Waals surface area contributed by atoms with E-state index in [1.54, 1.807) is 0 Å². The summed E-state index contributed by atoms with van der Waals surface area (Å²) in [5, 5.41) is 8.88. The van der Waals surface area contributed by atoms with Crippen LogP contribution in [0.4, 0.5) is 0 Å². The Labute approximate surface area is 180 Å². The van der Waals surface area contributed by atoms with E-state index in [4.69, 9.17) is 17.3 Å². The van der Waals surface area contributed by atoms with Crippen molar-refractivity contribution in [3.8, 4) is 0 Å². The van der Waals surface area contributed by atoms with Gasteiger partial charge in [-0.05, 0) is 51.3 Å². The molecule has 0 spiro atoms. The van der Waals surface area contributed by atoms with Gasteiger partial charge in [0.1, 0.15) is 0 Å². The molecule has 2 N–H and O–H groups in total. The minimum atomic E-state index is 0.0759. The number of piperidine rings is 2. The zero-order chi connectivity index (χ0) is 20.3. The molecule has 6 nitrogen and oxygen atoms in total. The molecular formula is C22H34N6S. The number of rotatable bonds is 7. The fourth-order valence-electron chi connectivity index (χ4n) is 5.25. The van der Waals surface area contributed by atoms with Gasteiger partial charge >= 0.3 is 0 Å². The summed E-state index contributed by atoms with van der Waals surface area (Å²) in [6.07, 6.45) is 2.11. The van der Waals surface area contributed by atoms with E-state index in [0.717, 1.165) is 52.1 Å². The maximum atomic E-state index is 5.49. The molecule has 4 bridgehead atoms. The van der Waals surface area contributed by atoms with Crippen LogP contribution in [-0.2, 0) is 6.42 Å². The average molecular weight is 415 g/mol. The molecule has 4 aliphatic rings. The summed E-state index contributed by atoms with van der Waals surface area (Å²) in [5.41, 5.74) is 5.99. The molecule has 4 heterocycles. The lowest BCUT2D eigenvalue weighted by Crippen LogP contribution is -2.62. The van der Waals surface area contributed by atoms with Gasteiger partial charge < -0.3 is 20.0 Å². The molecule has 1 aromatic rings. The Bertz CT molecular complexity index is 718. The van der Waals surface area contributed by atoms with Crippen molar-refractivity contribution >= 4 is 23.0 Å². The summed E-state index contributed by atoms with van der Waals surface area (Å²) in [6, 6.07) is 10.9. The summed E-state index contributed by atoms with van der Waals surface area (Å²) in [7, 11) is 4.19. The molecule has 29 heavy (non-hydrogen) atoms. The molecule has 0 aliphatic carbocycles. The fourth-order valence-corrected chi connectivity index (χ4v) is 5.40. The number of nitrogens with one attached hydrogen (secondary N) is 2. The molecule has 4 aliphatic heterocycles. The summed E-state index contributed by atoms with van der Waals surface area (Å²) in [4.78, 5) is 7.49. The van der Waals surface area contributed by atoms with Gasteiger partial charge in [0, 0.05) is 57.1 Å². The van der Waals surface area contributed by atoms with Crippen LogP contribution < -0.4 is 10.7 Å².